The van der Waals surface area contributed by atoms with Crippen LogP contribution in [0.25, 0.3) is 11.4 Å². The first-order chi connectivity index (χ1) is 13.6. The van der Waals surface area contributed by atoms with E-state index < -0.39 is 0 Å². The first-order valence-corrected chi connectivity index (χ1v) is 8.79. The van der Waals surface area contributed by atoms with Crippen LogP contribution in [0, 0.1) is 5.82 Å². The van der Waals surface area contributed by atoms with Crippen LogP contribution < -0.4 is 5.32 Å². The van der Waals surface area contributed by atoms with Crippen LogP contribution in [0.3, 0.4) is 0 Å². The molecule has 0 spiro atoms. The Morgan fingerprint density at radius 3 is 2.39 bits per heavy atom. The average molecular weight is 375 g/mol. The number of hydrogen-bond acceptors (Lipinski definition) is 3. The first kappa shape index (κ1) is 17.7. The molecule has 0 aliphatic rings. The maximum atomic E-state index is 13.2. The zero-order valence-corrected chi connectivity index (χ0v) is 15.2. The van der Waals surface area contributed by atoms with E-state index in [9.17, 15) is 9.18 Å². The number of halogens is 1. The Labute approximate surface area is 161 Å². The van der Waals surface area contributed by atoms with Gasteiger partial charge in [0.15, 0.2) is 0 Å². The SMILES string of the molecule is CC(NC(=O)c1cncn1-c1ccc(F)cc1)c1ccc(-n2ccnc2)cc1. The van der Waals surface area contributed by atoms with E-state index in [-0.39, 0.29) is 17.8 Å². The molecule has 0 aliphatic carbocycles. The number of imidazole rings is 2. The van der Waals surface area contributed by atoms with E-state index in [1.165, 1.54) is 24.7 Å². The lowest BCUT2D eigenvalue weighted by atomic mass is 10.1. The van der Waals surface area contributed by atoms with Crippen molar-refractivity contribution in [1.29, 1.82) is 0 Å². The Morgan fingerprint density at radius 2 is 1.71 bits per heavy atom. The lowest BCUT2D eigenvalue weighted by Crippen LogP contribution is -2.28. The molecule has 4 rings (SSSR count). The van der Waals surface area contributed by atoms with E-state index in [1.54, 1.807) is 29.2 Å². The van der Waals surface area contributed by atoms with E-state index in [0.717, 1.165) is 11.3 Å². The summed E-state index contributed by atoms with van der Waals surface area (Å²) < 4.78 is 16.7. The van der Waals surface area contributed by atoms with Crippen LogP contribution in [0.4, 0.5) is 4.39 Å². The van der Waals surface area contributed by atoms with Gasteiger partial charge in [-0.25, -0.2) is 14.4 Å². The first-order valence-electron chi connectivity index (χ1n) is 8.79. The summed E-state index contributed by atoms with van der Waals surface area (Å²) in [4.78, 5) is 20.8. The molecular formula is C21H18FN5O. The van der Waals surface area contributed by atoms with Gasteiger partial charge in [-0.15, -0.1) is 0 Å². The maximum absolute atomic E-state index is 13.2. The third-order valence-corrected chi connectivity index (χ3v) is 4.52. The molecule has 0 saturated heterocycles. The van der Waals surface area contributed by atoms with Crippen LogP contribution >= 0.6 is 0 Å². The molecule has 1 amide bonds. The molecule has 0 aliphatic heterocycles. The standard InChI is InChI=1S/C21H18FN5O/c1-15(16-2-6-18(7-3-16)26-11-10-23-13-26)25-21(28)20-12-24-14-27(20)19-8-4-17(22)5-9-19/h2-15H,1H3,(H,25,28). The molecule has 140 valence electrons. The van der Waals surface area contributed by atoms with Crippen molar-refractivity contribution in [2.24, 2.45) is 0 Å². The zero-order valence-electron chi connectivity index (χ0n) is 15.2. The summed E-state index contributed by atoms with van der Waals surface area (Å²) in [6, 6.07) is 13.6. The minimum Gasteiger partial charge on any atom is -0.344 e. The fourth-order valence-corrected chi connectivity index (χ4v) is 2.97. The predicted octanol–water partition coefficient (Wildman–Crippen LogP) is 3.69. The average Bonchev–Trinajstić information content (AvgIpc) is 3.41. The lowest BCUT2D eigenvalue weighted by Gasteiger charge is -2.16. The van der Waals surface area contributed by atoms with Crippen LogP contribution in [0.2, 0.25) is 0 Å². The summed E-state index contributed by atoms with van der Waals surface area (Å²) >= 11 is 0. The molecule has 0 bridgehead atoms. The normalized spacial score (nSPS) is 11.9. The Kier molecular flexibility index (Phi) is 4.72. The van der Waals surface area contributed by atoms with Crippen LogP contribution in [-0.4, -0.2) is 25.0 Å². The summed E-state index contributed by atoms with van der Waals surface area (Å²) in [6.07, 6.45) is 8.36. The molecule has 0 fully saturated rings. The second-order valence-corrected chi connectivity index (χ2v) is 6.38. The highest BCUT2D eigenvalue weighted by atomic mass is 19.1. The van der Waals surface area contributed by atoms with Gasteiger partial charge in [-0.2, -0.15) is 0 Å². The van der Waals surface area contributed by atoms with Crippen LogP contribution in [0.15, 0.2) is 79.8 Å². The van der Waals surface area contributed by atoms with E-state index >= 15 is 0 Å². The van der Waals surface area contributed by atoms with Crippen LogP contribution in [0.1, 0.15) is 29.0 Å². The van der Waals surface area contributed by atoms with Crippen LogP contribution in [-0.2, 0) is 0 Å². The molecule has 2 aromatic carbocycles. The number of rotatable bonds is 5. The van der Waals surface area contributed by atoms with Gasteiger partial charge in [-0.3, -0.25) is 9.36 Å². The maximum Gasteiger partial charge on any atom is 0.270 e. The number of carbonyl (C=O) groups is 1. The summed E-state index contributed by atoms with van der Waals surface area (Å²) in [7, 11) is 0. The van der Waals surface area contributed by atoms with Crippen molar-refractivity contribution in [2.45, 2.75) is 13.0 Å². The molecule has 1 unspecified atom stereocenters. The van der Waals surface area contributed by atoms with Crippen LogP contribution in [0.5, 0.6) is 0 Å². The molecule has 4 aromatic rings. The second kappa shape index (κ2) is 7.48. The van der Waals surface area contributed by atoms with Gasteiger partial charge in [0.1, 0.15) is 11.5 Å². The third kappa shape index (κ3) is 3.55. The van der Waals surface area contributed by atoms with Gasteiger partial charge in [0, 0.05) is 23.8 Å². The third-order valence-electron chi connectivity index (χ3n) is 4.52. The minimum absolute atomic E-state index is 0.194. The highest BCUT2D eigenvalue weighted by Crippen LogP contribution is 2.17. The molecule has 6 nitrogen and oxygen atoms in total. The summed E-state index contributed by atoms with van der Waals surface area (Å²) in [5.41, 5.74) is 3.02. The number of benzene rings is 2. The van der Waals surface area contributed by atoms with Crippen molar-refractivity contribution in [3.63, 3.8) is 0 Å². The molecule has 1 atom stereocenters. The van der Waals surface area contributed by atoms with Gasteiger partial charge in [-0.1, -0.05) is 12.1 Å². The molecule has 2 heterocycles. The number of amides is 1. The van der Waals surface area contributed by atoms with Gasteiger partial charge >= 0.3 is 0 Å². The fourth-order valence-electron chi connectivity index (χ4n) is 2.97. The van der Waals surface area contributed by atoms with Gasteiger partial charge in [0.2, 0.25) is 0 Å². The second-order valence-electron chi connectivity index (χ2n) is 6.38. The lowest BCUT2D eigenvalue weighted by molar-refractivity contribution is 0.0933. The molecule has 28 heavy (non-hydrogen) atoms. The van der Waals surface area contributed by atoms with E-state index in [1.807, 2.05) is 42.0 Å². The Balaban J connectivity index is 1.49. The van der Waals surface area contributed by atoms with Crippen molar-refractivity contribution < 1.29 is 9.18 Å². The van der Waals surface area contributed by atoms with Crippen molar-refractivity contribution in [2.75, 3.05) is 0 Å². The quantitative estimate of drug-likeness (QED) is 0.579. The fraction of sp³-hybridized carbons (Fsp3) is 0.0952. The Bertz CT molecular complexity index is 1070. The van der Waals surface area contributed by atoms with Crippen molar-refractivity contribution in [1.82, 2.24) is 24.4 Å². The molecule has 1 N–H and O–H groups in total. The number of aromatic nitrogens is 4. The zero-order chi connectivity index (χ0) is 19.5. The number of nitrogens with zero attached hydrogens (tertiary/aromatic N) is 4. The number of carbonyl (C=O) groups excluding carboxylic acids is 1. The summed E-state index contributed by atoms with van der Waals surface area (Å²) in [5, 5.41) is 2.98. The van der Waals surface area contributed by atoms with E-state index in [2.05, 4.69) is 15.3 Å². The van der Waals surface area contributed by atoms with Gasteiger partial charge in [-0.05, 0) is 48.9 Å². The largest absolute Gasteiger partial charge is 0.344 e. The molecule has 2 aromatic heterocycles. The van der Waals surface area contributed by atoms with Gasteiger partial charge < -0.3 is 9.88 Å². The summed E-state index contributed by atoms with van der Waals surface area (Å²) in [5.74, 6) is -0.587. The predicted molar refractivity (Wildman–Crippen MR) is 103 cm³/mol. The minimum atomic E-state index is -0.331. The Hall–Kier alpha value is -3.74. The topological polar surface area (TPSA) is 64.7 Å². The molecule has 0 radical (unpaired) electrons. The van der Waals surface area contributed by atoms with Crippen molar-refractivity contribution >= 4 is 5.91 Å². The molecule has 0 saturated carbocycles. The highest BCUT2D eigenvalue weighted by molar-refractivity contribution is 5.93. The van der Waals surface area contributed by atoms with Gasteiger partial charge in [0.05, 0.1) is 24.9 Å². The Morgan fingerprint density at radius 1 is 1.00 bits per heavy atom. The van der Waals surface area contributed by atoms with Crippen molar-refractivity contribution in [3.8, 4) is 11.4 Å². The molecule has 7 heteroatoms. The smallest absolute Gasteiger partial charge is 0.270 e. The summed E-state index contributed by atoms with van der Waals surface area (Å²) in [6.45, 7) is 1.92. The number of hydrogen-bond donors (Lipinski definition) is 1. The number of nitrogens with one attached hydrogen (secondary N) is 1. The molecular weight excluding hydrogens is 357 g/mol. The highest BCUT2D eigenvalue weighted by Gasteiger charge is 2.16. The monoisotopic (exact) mass is 375 g/mol. The van der Waals surface area contributed by atoms with E-state index in [4.69, 9.17) is 0 Å². The van der Waals surface area contributed by atoms with Crippen molar-refractivity contribution in [3.05, 3.63) is 96.9 Å². The van der Waals surface area contributed by atoms with E-state index in [0.29, 0.717) is 11.4 Å². The van der Waals surface area contributed by atoms with Gasteiger partial charge in [0.25, 0.3) is 5.91 Å².